The van der Waals surface area contributed by atoms with Gasteiger partial charge in [0.1, 0.15) is 18.0 Å². The van der Waals surface area contributed by atoms with Gasteiger partial charge in [0.05, 0.1) is 4.90 Å². The molecular weight excluding hydrogens is 548 g/mol. The van der Waals surface area contributed by atoms with Gasteiger partial charge in [0.2, 0.25) is 27.7 Å². The first kappa shape index (κ1) is 28.8. The molecule has 2 saturated heterocycles. The normalized spacial score (nSPS) is 21.6. The number of hydrogen-bond acceptors (Lipinski definition) is 6. The Bertz CT molecular complexity index is 1420. The largest absolute Gasteiger partial charge is 0.481 e. The van der Waals surface area contributed by atoms with Crippen LogP contribution >= 0.6 is 11.6 Å². The summed E-state index contributed by atoms with van der Waals surface area (Å²) < 4.78 is 28.6. The number of benzene rings is 2. The number of carbonyl (C=O) groups excluding carboxylic acids is 3. The molecule has 4 rings (SSSR count). The number of rotatable bonds is 8. The van der Waals surface area contributed by atoms with E-state index in [0.29, 0.717) is 29.8 Å². The fraction of sp³-hybridized carbons (Fsp3) is 0.462. The maximum Gasteiger partial charge on any atom is 0.315 e. The summed E-state index contributed by atoms with van der Waals surface area (Å²) >= 11 is 6.00. The topological polar surface area (TPSA) is 153 Å². The lowest BCUT2D eigenvalue weighted by atomic mass is 10.0. The molecule has 1 unspecified atom stereocenters. The van der Waals surface area contributed by atoms with Crippen molar-refractivity contribution in [3.8, 4) is 0 Å². The number of amides is 3. The van der Waals surface area contributed by atoms with Crippen molar-refractivity contribution in [2.24, 2.45) is 5.92 Å². The highest BCUT2D eigenvalue weighted by Crippen LogP contribution is 2.24. The summed E-state index contributed by atoms with van der Waals surface area (Å²) in [5.41, 5.74) is 0. The third-order valence-electron chi connectivity index (χ3n) is 7.29. The Morgan fingerprint density at radius 1 is 1.05 bits per heavy atom. The van der Waals surface area contributed by atoms with Crippen LogP contribution in [0.5, 0.6) is 0 Å². The van der Waals surface area contributed by atoms with E-state index in [1.165, 1.54) is 24.0 Å². The van der Waals surface area contributed by atoms with E-state index in [0.717, 1.165) is 5.39 Å². The number of nitrogens with zero attached hydrogens (tertiary/aromatic N) is 2. The zero-order valence-corrected chi connectivity index (χ0v) is 23.2. The number of nitrogens with one attached hydrogen (secondary N) is 2. The molecule has 210 valence electrons. The Morgan fingerprint density at radius 3 is 2.46 bits per heavy atom. The predicted octanol–water partition coefficient (Wildman–Crippen LogP) is 1.59. The monoisotopic (exact) mass is 578 g/mol. The zero-order valence-electron chi connectivity index (χ0n) is 21.6. The lowest BCUT2D eigenvalue weighted by Crippen LogP contribution is -2.56. The quantitative estimate of drug-likeness (QED) is 0.402. The van der Waals surface area contributed by atoms with Gasteiger partial charge in [-0.25, -0.2) is 8.42 Å². The summed E-state index contributed by atoms with van der Waals surface area (Å²) in [5.74, 6) is -3.84. The van der Waals surface area contributed by atoms with Crippen molar-refractivity contribution in [2.45, 2.75) is 56.1 Å². The molecule has 0 saturated carbocycles. The molecule has 4 atom stereocenters. The third kappa shape index (κ3) is 6.34. The number of halogens is 1. The van der Waals surface area contributed by atoms with Gasteiger partial charge in [0, 0.05) is 30.7 Å². The Kier molecular flexibility index (Phi) is 8.48. The number of aliphatic carboxylic acids is 1. The van der Waals surface area contributed by atoms with Gasteiger partial charge in [-0.05, 0) is 68.1 Å². The minimum Gasteiger partial charge on any atom is -0.481 e. The lowest BCUT2D eigenvalue weighted by Gasteiger charge is -2.36. The molecule has 0 radical (unpaired) electrons. The number of fused-ring (bicyclic) bond motifs is 1. The average molecular weight is 579 g/mol. The molecule has 2 heterocycles. The smallest absolute Gasteiger partial charge is 0.315 e. The molecular formula is C26H31ClN4O7S. The first-order valence-electron chi connectivity index (χ1n) is 12.7. The van der Waals surface area contributed by atoms with E-state index >= 15 is 0 Å². The molecule has 2 aromatic carbocycles. The molecule has 0 aliphatic carbocycles. The number of carbonyl (C=O) groups is 4. The second kappa shape index (κ2) is 11.5. The van der Waals surface area contributed by atoms with Crippen molar-refractivity contribution in [1.82, 2.24) is 19.8 Å². The van der Waals surface area contributed by atoms with E-state index in [9.17, 15) is 27.6 Å². The van der Waals surface area contributed by atoms with Gasteiger partial charge in [0.15, 0.2) is 0 Å². The SMILES string of the molecule is CC(C(=O)O)C(=O)N[C@@H]1CCCN(C(=O)[C@H](C)N2CC[C@H](NS(=O)(=O)c3ccc4cc(Cl)ccc4c3)C2=O)C1. The first-order valence-corrected chi connectivity index (χ1v) is 14.6. The number of hydrogen-bond donors (Lipinski definition) is 3. The molecule has 3 N–H and O–H groups in total. The predicted molar refractivity (Wildman–Crippen MR) is 143 cm³/mol. The molecule has 0 bridgehead atoms. The van der Waals surface area contributed by atoms with Crippen LogP contribution in [-0.4, -0.2) is 84.8 Å². The molecule has 11 nitrogen and oxygen atoms in total. The Balaban J connectivity index is 1.38. The highest BCUT2D eigenvalue weighted by molar-refractivity contribution is 7.89. The summed E-state index contributed by atoms with van der Waals surface area (Å²) in [5, 5.41) is 13.7. The van der Waals surface area contributed by atoms with E-state index in [1.807, 2.05) is 0 Å². The molecule has 2 aliphatic rings. The molecule has 39 heavy (non-hydrogen) atoms. The number of piperidine rings is 1. The molecule has 13 heteroatoms. The van der Waals surface area contributed by atoms with Crippen LogP contribution in [0.3, 0.4) is 0 Å². The Morgan fingerprint density at radius 2 is 1.74 bits per heavy atom. The Hall–Kier alpha value is -3.22. The molecule has 0 spiro atoms. The van der Waals surface area contributed by atoms with Gasteiger partial charge in [0.25, 0.3) is 0 Å². The Labute approximate surface area is 231 Å². The van der Waals surface area contributed by atoms with Crippen LogP contribution < -0.4 is 10.0 Å². The van der Waals surface area contributed by atoms with Gasteiger partial charge in [-0.1, -0.05) is 23.7 Å². The minimum absolute atomic E-state index is 0.0197. The van der Waals surface area contributed by atoms with Crippen molar-refractivity contribution in [1.29, 1.82) is 0 Å². The van der Waals surface area contributed by atoms with Crippen molar-refractivity contribution in [3.63, 3.8) is 0 Å². The van der Waals surface area contributed by atoms with Crippen LogP contribution in [0.15, 0.2) is 41.3 Å². The van der Waals surface area contributed by atoms with Crippen LogP contribution in [-0.2, 0) is 29.2 Å². The van der Waals surface area contributed by atoms with Crippen molar-refractivity contribution in [3.05, 3.63) is 41.4 Å². The standard InChI is InChI=1S/C26H31ClN4O7S/c1-15(26(35)36)23(32)28-20-4-3-10-30(14-20)24(33)16(2)31-11-9-22(25(31)34)29-39(37,38)21-8-6-17-12-19(27)7-5-18(17)13-21/h5-8,12-13,15-16,20,22,29H,3-4,9-11,14H2,1-2H3,(H,28,32)(H,35,36)/t15?,16-,20+,22-/m0/s1. The van der Waals surface area contributed by atoms with Crippen molar-refractivity contribution in [2.75, 3.05) is 19.6 Å². The van der Waals surface area contributed by atoms with Gasteiger partial charge < -0.3 is 20.2 Å². The molecule has 2 aromatic rings. The summed E-state index contributed by atoms with van der Waals surface area (Å²) in [6, 6.07) is 7.50. The molecule has 2 fully saturated rings. The van der Waals surface area contributed by atoms with Crippen LogP contribution in [0.2, 0.25) is 5.02 Å². The molecule has 3 amide bonds. The summed E-state index contributed by atoms with van der Waals surface area (Å²) in [6.07, 6.45) is 1.42. The van der Waals surface area contributed by atoms with Crippen molar-refractivity contribution >= 4 is 56.1 Å². The van der Waals surface area contributed by atoms with E-state index < -0.39 is 51.9 Å². The lowest BCUT2D eigenvalue weighted by molar-refractivity contribution is -0.147. The highest BCUT2D eigenvalue weighted by Gasteiger charge is 2.41. The molecule has 2 aliphatic heterocycles. The van der Waals surface area contributed by atoms with Gasteiger partial charge in [-0.15, -0.1) is 0 Å². The van der Waals surface area contributed by atoms with Crippen LogP contribution in [0, 0.1) is 5.92 Å². The summed E-state index contributed by atoms with van der Waals surface area (Å²) in [7, 11) is -4.01. The number of likely N-dealkylation sites (tertiary alicyclic amines) is 2. The average Bonchev–Trinajstić information content (AvgIpc) is 3.25. The van der Waals surface area contributed by atoms with E-state index in [4.69, 9.17) is 16.7 Å². The fourth-order valence-corrected chi connectivity index (χ4v) is 6.38. The van der Waals surface area contributed by atoms with E-state index in [1.54, 1.807) is 36.1 Å². The maximum absolute atomic E-state index is 13.2. The van der Waals surface area contributed by atoms with Gasteiger partial charge in [-0.2, -0.15) is 4.72 Å². The second-order valence-corrected chi connectivity index (χ2v) is 12.2. The number of carboxylic acids is 1. The first-order chi connectivity index (χ1) is 18.4. The zero-order chi connectivity index (χ0) is 28.5. The summed E-state index contributed by atoms with van der Waals surface area (Å²) in [4.78, 5) is 52.5. The molecule has 0 aromatic heterocycles. The van der Waals surface area contributed by atoms with E-state index in [-0.39, 0.29) is 30.3 Å². The summed E-state index contributed by atoms with van der Waals surface area (Å²) in [6.45, 7) is 3.74. The second-order valence-electron chi connectivity index (χ2n) is 10.0. The highest BCUT2D eigenvalue weighted by atomic mass is 35.5. The van der Waals surface area contributed by atoms with Crippen molar-refractivity contribution < 1.29 is 32.7 Å². The number of carboxylic acid groups (broad SMARTS) is 1. The number of sulfonamides is 1. The maximum atomic E-state index is 13.2. The fourth-order valence-electron chi connectivity index (χ4n) is 4.94. The minimum atomic E-state index is -4.01. The van der Waals surface area contributed by atoms with E-state index in [2.05, 4.69) is 10.0 Å². The van der Waals surface area contributed by atoms with Crippen LogP contribution in [0.25, 0.3) is 10.8 Å². The van der Waals surface area contributed by atoms with Gasteiger partial charge >= 0.3 is 5.97 Å². The van der Waals surface area contributed by atoms with Crippen LogP contribution in [0.1, 0.15) is 33.1 Å². The van der Waals surface area contributed by atoms with Gasteiger partial charge in [-0.3, -0.25) is 19.2 Å². The third-order valence-corrected chi connectivity index (χ3v) is 8.99. The van der Waals surface area contributed by atoms with Crippen LogP contribution in [0.4, 0.5) is 0 Å².